The monoisotopic (exact) mass is 263 g/mol. The average Bonchev–Trinajstić information content (AvgIpc) is 2.81. The van der Waals surface area contributed by atoms with Gasteiger partial charge in [0, 0.05) is 11.4 Å². The zero-order chi connectivity index (χ0) is 13.0. The Balaban J connectivity index is 1.88. The molecule has 0 saturated carbocycles. The van der Waals surface area contributed by atoms with Gasteiger partial charge in [-0.15, -0.1) is 0 Å². The maximum Gasteiger partial charge on any atom is 0.221 e. The molecule has 2 unspecified atom stereocenters. The van der Waals surface area contributed by atoms with E-state index in [0.717, 1.165) is 18.4 Å². The van der Waals surface area contributed by atoms with Gasteiger partial charge in [0.2, 0.25) is 5.91 Å². The number of allylic oxidation sites excluding steroid dienone is 2. The Morgan fingerprint density at radius 3 is 3.06 bits per heavy atom. The second-order valence-corrected chi connectivity index (χ2v) is 5.25. The third-order valence-corrected chi connectivity index (χ3v) is 3.52. The van der Waals surface area contributed by atoms with Crippen molar-refractivity contribution in [3.05, 3.63) is 47.0 Å². The van der Waals surface area contributed by atoms with E-state index in [1.54, 1.807) is 0 Å². The van der Waals surface area contributed by atoms with E-state index in [0.29, 0.717) is 17.4 Å². The van der Waals surface area contributed by atoms with Gasteiger partial charge in [-0.3, -0.25) is 4.79 Å². The van der Waals surface area contributed by atoms with Crippen LogP contribution in [0.3, 0.4) is 0 Å². The molecule has 18 heavy (non-hydrogen) atoms. The Bertz CT molecular complexity index is 456. The molecule has 0 saturated heterocycles. The Kier molecular flexibility index (Phi) is 4.43. The highest BCUT2D eigenvalue weighted by Gasteiger charge is 2.16. The molecule has 1 aliphatic carbocycles. The van der Waals surface area contributed by atoms with Gasteiger partial charge in [0.1, 0.15) is 0 Å². The van der Waals surface area contributed by atoms with Crippen LogP contribution >= 0.6 is 11.6 Å². The van der Waals surface area contributed by atoms with E-state index in [1.165, 1.54) is 0 Å². The Hall–Kier alpha value is -1.28. The lowest BCUT2D eigenvalue weighted by Crippen LogP contribution is -2.27. The molecule has 1 aliphatic rings. The lowest BCUT2D eigenvalue weighted by Gasteiger charge is -2.16. The normalized spacial score (nSPS) is 19.8. The molecule has 0 aliphatic heterocycles. The van der Waals surface area contributed by atoms with Crippen molar-refractivity contribution < 1.29 is 4.79 Å². The molecule has 0 spiro atoms. The molecule has 0 heterocycles. The van der Waals surface area contributed by atoms with Crippen LogP contribution < -0.4 is 5.32 Å². The first-order valence-corrected chi connectivity index (χ1v) is 6.74. The molecule has 3 heteroatoms. The van der Waals surface area contributed by atoms with Gasteiger partial charge in [-0.05, 0) is 43.4 Å². The highest BCUT2D eigenvalue weighted by molar-refractivity contribution is 6.30. The Morgan fingerprint density at radius 2 is 2.39 bits per heavy atom. The minimum Gasteiger partial charge on any atom is -0.350 e. The van der Waals surface area contributed by atoms with Crippen LogP contribution in [0.15, 0.2) is 36.4 Å². The zero-order valence-electron chi connectivity index (χ0n) is 10.5. The molecule has 0 bridgehead atoms. The van der Waals surface area contributed by atoms with Crippen molar-refractivity contribution in [3.63, 3.8) is 0 Å². The molecular formula is C15H18ClNO. The van der Waals surface area contributed by atoms with E-state index in [-0.39, 0.29) is 11.9 Å². The third kappa shape index (κ3) is 3.61. The van der Waals surface area contributed by atoms with Crippen molar-refractivity contribution in [1.29, 1.82) is 0 Å². The molecule has 1 aromatic carbocycles. The molecular weight excluding hydrogens is 246 g/mol. The molecule has 2 atom stereocenters. The minimum atomic E-state index is 0.00147. The van der Waals surface area contributed by atoms with E-state index in [9.17, 15) is 4.79 Å². The number of carbonyl (C=O) groups excluding carboxylic acids is 1. The lowest BCUT2D eigenvalue weighted by molar-refractivity contribution is -0.122. The Morgan fingerprint density at radius 1 is 1.56 bits per heavy atom. The number of rotatable bonds is 4. The summed E-state index contributed by atoms with van der Waals surface area (Å²) in [4.78, 5) is 11.9. The highest BCUT2D eigenvalue weighted by Crippen LogP contribution is 2.21. The van der Waals surface area contributed by atoms with Crippen molar-refractivity contribution in [2.75, 3.05) is 0 Å². The second kappa shape index (κ2) is 6.05. The summed E-state index contributed by atoms with van der Waals surface area (Å²) in [5.41, 5.74) is 1.04. The summed E-state index contributed by atoms with van der Waals surface area (Å²) < 4.78 is 0. The van der Waals surface area contributed by atoms with Gasteiger partial charge in [-0.25, -0.2) is 0 Å². The molecule has 2 nitrogen and oxygen atoms in total. The summed E-state index contributed by atoms with van der Waals surface area (Å²) >= 11 is 5.94. The van der Waals surface area contributed by atoms with Crippen LogP contribution in [0.25, 0.3) is 0 Å². The number of amides is 1. The largest absolute Gasteiger partial charge is 0.350 e. The summed E-state index contributed by atoms with van der Waals surface area (Å²) in [6.45, 7) is 1.98. The van der Waals surface area contributed by atoms with Crippen molar-refractivity contribution >= 4 is 17.5 Å². The number of benzene rings is 1. The first-order valence-electron chi connectivity index (χ1n) is 6.36. The molecule has 96 valence electrons. The van der Waals surface area contributed by atoms with E-state index in [2.05, 4.69) is 17.5 Å². The molecule has 1 aromatic rings. The fraction of sp³-hybridized carbons (Fsp3) is 0.400. The van der Waals surface area contributed by atoms with Crippen LogP contribution in [0.5, 0.6) is 0 Å². The number of hydrogen-bond acceptors (Lipinski definition) is 1. The van der Waals surface area contributed by atoms with Gasteiger partial charge >= 0.3 is 0 Å². The van der Waals surface area contributed by atoms with E-state index in [4.69, 9.17) is 11.6 Å². The Labute approximate surface area is 113 Å². The number of nitrogens with one attached hydrogen (secondary N) is 1. The van der Waals surface area contributed by atoms with Crippen LogP contribution in [0.1, 0.15) is 37.8 Å². The van der Waals surface area contributed by atoms with E-state index >= 15 is 0 Å². The van der Waals surface area contributed by atoms with Crippen molar-refractivity contribution in [2.45, 2.75) is 32.2 Å². The zero-order valence-corrected chi connectivity index (χ0v) is 11.3. The number of hydrogen-bond donors (Lipinski definition) is 1. The summed E-state index contributed by atoms with van der Waals surface area (Å²) in [5, 5.41) is 3.72. The van der Waals surface area contributed by atoms with Crippen LogP contribution in [0.4, 0.5) is 0 Å². The molecule has 0 aromatic heterocycles. The van der Waals surface area contributed by atoms with Crippen LogP contribution in [0, 0.1) is 5.92 Å². The fourth-order valence-corrected chi connectivity index (χ4v) is 2.46. The average molecular weight is 264 g/mol. The topological polar surface area (TPSA) is 29.1 Å². The first kappa shape index (κ1) is 13.2. The lowest BCUT2D eigenvalue weighted by atomic mass is 10.0. The maximum atomic E-state index is 11.9. The quantitative estimate of drug-likeness (QED) is 0.821. The predicted octanol–water partition coefficient (Wildman–Crippen LogP) is 3.87. The van der Waals surface area contributed by atoms with Gasteiger partial charge < -0.3 is 5.32 Å². The SMILES string of the molecule is CC(NC(=O)CC1C=CCC1)c1cccc(Cl)c1. The van der Waals surface area contributed by atoms with Crippen LogP contribution in [0.2, 0.25) is 5.02 Å². The minimum absolute atomic E-state index is 0.00147. The van der Waals surface area contributed by atoms with Crippen LogP contribution in [-0.4, -0.2) is 5.91 Å². The number of carbonyl (C=O) groups is 1. The predicted molar refractivity (Wildman–Crippen MR) is 74.5 cm³/mol. The van der Waals surface area contributed by atoms with Gasteiger partial charge in [0.05, 0.1) is 6.04 Å². The second-order valence-electron chi connectivity index (χ2n) is 4.81. The van der Waals surface area contributed by atoms with Gasteiger partial charge in [0.15, 0.2) is 0 Å². The summed E-state index contributed by atoms with van der Waals surface area (Å²) in [6, 6.07) is 7.61. The van der Waals surface area contributed by atoms with Crippen molar-refractivity contribution in [3.8, 4) is 0 Å². The first-order chi connectivity index (χ1) is 8.65. The van der Waals surface area contributed by atoms with E-state index < -0.39 is 0 Å². The van der Waals surface area contributed by atoms with Crippen molar-refractivity contribution in [1.82, 2.24) is 5.32 Å². The summed E-state index contributed by atoms with van der Waals surface area (Å²) in [6.07, 6.45) is 7.07. The van der Waals surface area contributed by atoms with Crippen LogP contribution in [-0.2, 0) is 4.79 Å². The molecule has 1 amide bonds. The van der Waals surface area contributed by atoms with Gasteiger partial charge in [0.25, 0.3) is 0 Å². The molecule has 0 fully saturated rings. The summed E-state index contributed by atoms with van der Waals surface area (Å²) in [5.74, 6) is 0.524. The molecule has 0 radical (unpaired) electrons. The highest BCUT2D eigenvalue weighted by atomic mass is 35.5. The van der Waals surface area contributed by atoms with Crippen molar-refractivity contribution in [2.24, 2.45) is 5.92 Å². The van der Waals surface area contributed by atoms with E-state index in [1.807, 2.05) is 31.2 Å². The fourth-order valence-electron chi connectivity index (χ4n) is 2.26. The summed E-state index contributed by atoms with van der Waals surface area (Å²) in [7, 11) is 0. The number of halogens is 1. The molecule has 2 rings (SSSR count). The van der Waals surface area contributed by atoms with Gasteiger partial charge in [-0.2, -0.15) is 0 Å². The maximum absolute atomic E-state index is 11.9. The van der Waals surface area contributed by atoms with Gasteiger partial charge in [-0.1, -0.05) is 35.9 Å². The standard InChI is InChI=1S/C15H18ClNO/c1-11(13-7-4-8-14(16)10-13)17-15(18)9-12-5-2-3-6-12/h2,4-5,7-8,10-12H,3,6,9H2,1H3,(H,17,18). The third-order valence-electron chi connectivity index (χ3n) is 3.29. The smallest absolute Gasteiger partial charge is 0.221 e. The molecule has 1 N–H and O–H groups in total.